The molecule has 1 aliphatic rings. The Hall–Kier alpha value is -0.650. The molecule has 1 rings (SSSR count). The number of amides is 1. The van der Waals surface area contributed by atoms with E-state index in [1.54, 1.807) is 7.11 Å². The lowest BCUT2D eigenvalue weighted by Crippen LogP contribution is -2.44. The first-order valence-corrected chi connectivity index (χ1v) is 5.38. The van der Waals surface area contributed by atoms with Gasteiger partial charge >= 0.3 is 0 Å². The molecule has 0 aliphatic carbocycles. The molecule has 1 saturated heterocycles. The molecule has 15 heavy (non-hydrogen) atoms. The van der Waals surface area contributed by atoms with E-state index in [2.05, 4.69) is 5.32 Å². The van der Waals surface area contributed by atoms with Crippen LogP contribution in [-0.4, -0.2) is 61.9 Å². The fraction of sp³-hybridized carbons (Fsp3) is 0.900. The SMILES string of the molecule is COCCNC(=O)CN1CCC[C@H](O)C1. The Labute approximate surface area is 90.4 Å². The Balaban J connectivity index is 2.13. The summed E-state index contributed by atoms with van der Waals surface area (Å²) in [6.07, 6.45) is 1.54. The van der Waals surface area contributed by atoms with Crippen molar-refractivity contribution in [3.8, 4) is 0 Å². The van der Waals surface area contributed by atoms with E-state index in [-0.39, 0.29) is 12.0 Å². The number of likely N-dealkylation sites (tertiary alicyclic amines) is 1. The number of nitrogens with zero attached hydrogens (tertiary/aromatic N) is 1. The van der Waals surface area contributed by atoms with Gasteiger partial charge in [0.05, 0.1) is 19.3 Å². The van der Waals surface area contributed by atoms with Crippen molar-refractivity contribution in [1.29, 1.82) is 0 Å². The number of β-amino-alcohol motifs (C(OH)–C–C–N with tert-alkyl or cyclic N) is 1. The van der Waals surface area contributed by atoms with Gasteiger partial charge in [0.25, 0.3) is 0 Å². The van der Waals surface area contributed by atoms with E-state index in [1.165, 1.54) is 0 Å². The Kier molecular flexibility index (Phi) is 5.60. The molecule has 1 aliphatic heterocycles. The molecule has 0 unspecified atom stereocenters. The summed E-state index contributed by atoms with van der Waals surface area (Å²) in [4.78, 5) is 13.4. The molecule has 1 atom stereocenters. The number of hydrogen-bond donors (Lipinski definition) is 2. The Morgan fingerprint density at radius 3 is 3.13 bits per heavy atom. The molecule has 0 radical (unpaired) electrons. The number of nitrogens with one attached hydrogen (secondary N) is 1. The molecule has 0 bridgehead atoms. The molecule has 5 heteroatoms. The summed E-state index contributed by atoms with van der Waals surface area (Å²) >= 11 is 0. The number of hydrogen-bond acceptors (Lipinski definition) is 4. The molecule has 2 N–H and O–H groups in total. The third kappa shape index (κ3) is 5.11. The first-order chi connectivity index (χ1) is 7.22. The van der Waals surface area contributed by atoms with Crippen LogP contribution in [0.2, 0.25) is 0 Å². The molecule has 0 aromatic carbocycles. The van der Waals surface area contributed by atoms with Crippen LogP contribution >= 0.6 is 0 Å². The summed E-state index contributed by atoms with van der Waals surface area (Å²) in [5.41, 5.74) is 0. The van der Waals surface area contributed by atoms with Crippen molar-refractivity contribution in [3.05, 3.63) is 0 Å². The van der Waals surface area contributed by atoms with Crippen molar-refractivity contribution in [2.45, 2.75) is 18.9 Å². The largest absolute Gasteiger partial charge is 0.392 e. The molecule has 1 amide bonds. The summed E-state index contributed by atoms with van der Waals surface area (Å²) in [5.74, 6) is 0.00106. The quantitative estimate of drug-likeness (QED) is 0.591. The Bertz CT molecular complexity index is 199. The van der Waals surface area contributed by atoms with Crippen LogP contribution in [0, 0.1) is 0 Å². The molecular weight excluding hydrogens is 196 g/mol. The maximum absolute atomic E-state index is 11.4. The van der Waals surface area contributed by atoms with Gasteiger partial charge < -0.3 is 15.2 Å². The lowest BCUT2D eigenvalue weighted by molar-refractivity contribution is -0.123. The molecule has 0 saturated carbocycles. The van der Waals surface area contributed by atoms with E-state index in [9.17, 15) is 9.90 Å². The van der Waals surface area contributed by atoms with Crippen molar-refractivity contribution in [2.24, 2.45) is 0 Å². The molecule has 0 aromatic rings. The average molecular weight is 216 g/mol. The highest BCUT2D eigenvalue weighted by molar-refractivity contribution is 5.77. The van der Waals surface area contributed by atoms with Gasteiger partial charge in [0.15, 0.2) is 0 Å². The van der Waals surface area contributed by atoms with Crippen LogP contribution in [0.4, 0.5) is 0 Å². The van der Waals surface area contributed by atoms with E-state index in [0.29, 0.717) is 26.2 Å². The van der Waals surface area contributed by atoms with E-state index in [1.807, 2.05) is 4.90 Å². The number of carbonyl (C=O) groups is 1. The van der Waals surface area contributed by atoms with Crippen molar-refractivity contribution in [3.63, 3.8) is 0 Å². The predicted octanol–water partition coefficient (Wildman–Crippen LogP) is -0.794. The van der Waals surface area contributed by atoms with Gasteiger partial charge in [0.1, 0.15) is 0 Å². The zero-order valence-corrected chi connectivity index (χ0v) is 9.24. The third-order valence-electron chi connectivity index (χ3n) is 2.48. The topological polar surface area (TPSA) is 61.8 Å². The maximum Gasteiger partial charge on any atom is 0.234 e. The second kappa shape index (κ2) is 6.76. The fourth-order valence-electron chi connectivity index (χ4n) is 1.73. The van der Waals surface area contributed by atoms with Gasteiger partial charge in [-0.25, -0.2) is 0 Å². The molecule has 1 fully saturated rings. The van der Waals surface area contributed by atoms with Crippen LogP contribution in [-0.2, 0) is 9.53 Å². The predicted molar refractivity (Wildman–Crippen MR) is 56.6 cm³/mol. The number of rotatable bonds is 5. The summed E-state index contributed by atoms with van der Waals surface area (Å²) in [5, 5.41) is 12.2. The van der Waals surface area contributed by atoms with Gasteiger partial charge in [-0.1, -0.05) is 0 Å². The van der Waals surface area contributed by atoms with E-state index < -0.39 is 0 Å². The third-order valence-corrected chi connectivity index (χ3v) is 2.48. The van der Waals surface area contributed by atoms with Crippen LogP contribution in [0.1, 0.15) is 12.8 Å². The molecule has 1 heterocycles. The minimum atomic E-state index is -0.273. The standard InChI is InChI=1S/C10H20N2O3/c1-15-6-4-11-10(14)8-12-5-2-3-9(13)7-12/h9,13H,2-8H2,1H3,(H,11,14)/t9-/m0/s1. The number of piperidine rings is 1. The first-order valence-electron chi connectivity index (χ1n) is 5.38. The van der Waals surface area contributed by atoms with E-state index in [0.717, 1.165) is 19.4 Å². The van der Waals surface area contributed by atoms with Gasteiger partial charge in [-0.05, 0) is 19.4 Å². The zero-order chi connectivity index (χ0) is 11.1. The lowest BCUT2D eigenvalue weighted by atomic mass is 10.1. The molecule has 0 aromatic heterocycles. The second-order valence-electron chi connectivity index (χ2n) is 3.87. The van der Waals surface area contributed by atoms with Crippen molar-refractivity contribution in [2.75, 3.05) is 39.9 Å². The van der Waals surface area contributed by atoms with Crippen LogP contribution in [0.15, 0.2) is 0 Å². The number of ether oxygens (including phenoxy) is 1. The van der Waals surface area contributed by atoms with Crippen molar-refractivity contribution < 1.29 is 14.6 Å². The van der Waals surface area contributed by atoms with Crippen molar-refractivity contribution >= 4 is 5.91 Å². The summed E-state index contributed by atoms with van der Waals surface area (Å²) in [7, 11) is 1.60. The smallest absolute Gasteiger partial charge is 0.234 e. The monoisotopic (exact) mass is 216 g/mol. The highest BCUT2D eigenvalue weighted by Gasteiger charge is 2.19. The molecule has 0 spiro atoms. The minimum Gasteiger partial charge on any atom is -0.392 e. The van der Waals surface area contributed by atoms with Crippen LogP contribution < -0.4 is 5.32 Å². The molecular formula is C10H20N2O3. The minimum absolute atomic E-state index is 0.00106. The fourth-order valence-corrected chi connectivity index (χ4v) is 1.73. The Morgan fingerprint density at radius 2 is 2.47 bits per heavy atom. The molecule has 88 valence electrons. The van der Waals surface area contributed by atoms with Gasteiger partial charge in [-0.2, -0.15) is 0 Å². The van der Waals surface area contributed by atoms with Crippen molar-refractivity contribution in [1.82, 2.24) is 10.2 Å². The summed E-state index contributed by atoms with van der Waals surface area (Å²) < 4.78 is 4.83. The first kappa shape index (κ1) is 12.4. The highest BCUT2D eigenvalue weighted by atomic mass is 16.5. The maximum atomic E-state index is 11.4. The average Bonchev–Trinajstić information content (AvgIpc) is 2.18. The number of aliphatic hydroxyl groups excluding tert-OH is 1. The number of aliphatic hydroxyl groups is 1. The summed E-state index contributed by atoms with van der Waals surface area (Å²) in [6, 6.07) is 0. The van der Waals surface area contributed by atoms with Crippen LogP contribution in [0.3, 0.4) is 0 Å². The molecule has 5 nitrogen and oxygen atoms in total. The lowest BCUT2D eigenvalue weighted by Gasteiger charge is -2.29. The van der Waals surface area contributed by atoms with Crippen LogP contribution in [0.25, 0.3) is 0 Å². The van der Waals surface area contributed by atoms with Gasteiger partial charge in [-0.15, -0.1) is 0 Å². The normalized spacial score (nSPS) is 22.7. The van der Waals surface area contributed by atoms with Gasteiger partial charge in [-0.3, -0.25) is 9.69 Å². The Morgan fingerprint density at radius 1 is 1.67 bits per heavy atom. The number of carbonyl (C=O) groups excluding carboxylic acids is 1. The van der Waals surface area contributed by atoms with Crippen LogP contribution in [0.5, 0.6) is 0 Å². The van der Waals surface area contributed by atoms with E-state index >= 15 is 0 Å². The second-order valence-corrected chi connectivity index (χ2v) is 3.87. The highest BCUT2D eigenvalue weighted by Crippen LogP contribution is 2.08. The summed E-state index contributed by atoms with van der Waals surface area (Å²) in [6.45, 7) is 2.97. The van der Waals surface area contributed by atoms with Gasteiger partial charge in [0.2, 0.25) is 5.91 Å². The van der Waals surface area contributed by atoms with E-state index in [4.69, 9.17) is 4.74 Å². The zero-order valence-electron chi connectivity index (χ0n) is 9.24. The number of methoxy groups -OCH3 is 1. The van der Waals surface area contributed by atoms with Gasteiger partial charge in [0, 0.05) is 20.2 Å².